The molecular weight excluding hydrogens is 768 g/mol. The van der Waals surface area contributed by atoms with Gasteiger partial charge in [-0.25, -0.2) is 4.79 Å². The second kappa shape index (κ2) is 25.8. The first-order valence-corrected chi connectivity index (χ1v) is 18.1. The van der Waals surface area contributed by atoms with E-state index < -0.39 is 46.7 Å². The number of nitro benzene ring substituents is 1. The van der Waals surface area contributed by atoms with Gasteiger partial charge in [-0.2, -0.15) is 0 Å². The van der Waals surface area contributed by atoms with Crippen molar-refractivity contribution in [3.63, 3.8) is 0 Å². The van der Waals surface area contributed by atoms with E-state index in [1.54, 1.807) is 24.3 Å². The van der Waals surface area contributed by atoms with E-state index in [-0.39, 0.29) is 82.9 Å². The Morgan fingerprint density at radius 3 is 1.90 bits per heavy atom. The highest BCUT2D eigenvalue weighted by atomic mass is 16.7. The summed E-state index contributed by atoms with van der Waals surface area (Å²) >= 11 is 0. The minimum Gasteiger partial charge on any atom is -0.429 e. The molecule has 4 N–H and O–H groups in total. The number of hydrogen-bond donors (Lipinski definition) is 4. The molecule has 314 valence electrons. The van der Waals surface area contributed by atoms with Crippen molar-refractivity contribution in [2.75, 3.05) is 77.8 Å². The minimum absolute atomic E-state index is 0.0104. The van der Waals surface area contributed by atoms with Gasteiger partial charge >= 0.3 is 6.16 Å². The van der Waals surface area contributed by atoms with E-state index in [4.69, 9.17) is 28.4 Å². The summed E-state index contributed by atoms with van der Waals surface area (Å²) in [5.74, 6) is -2.57. The average Bonchev–Trinajstić information content (AvgIpc) is 3.53. The van der Waals surface area contributed by atoms with Crippen LogP contribution in [0.2, 0.25) is 0 Å². The molecular formula is C37H46N6O15. The fourth-order valence-corrected chi connectivity index (χ4v) is 4.61. The Bertz CT molecular complexity index is 1720. The minimum atomic E-state index is -1.01. The van der Waals surface area contributed by atoms with Crippen molar-refractivity contribution >= 4 is 53.0 Å². The summed E-state index contributed by atoms with van der Waals surface area (Å²) in [6.45, 7) is 3.50. The number of non-ortho nitro benzene ring substituents is 1. The molecule has 0 fully saturated rings. The molecule has 3 rings (SSSR count). The summed E-state index contributed by atoms with van der Waals surface area (Å²) in [6.07, 6.45) is 1.35. The Labute approximate surface area is 332 Å². The normalized spacial score (nSPS) is 12.5. The molecule has 0 bridgehead atoms. The van der Waals surface area contributed by atoms with E-state index in [1.807, 2.05) is 0 Å². The predicted octanol–water partition coefficient (Wildman–Crippen LogP) is 0.758. The molecule has 2 aromatic carbocycles. The summed E-state index contributed by atoms with van der Waals surface area (Å²) in [5.41, 5.74) is 0.848. The Hall–Kier alpha value is -6.29. The molecule has 1 atom stereocenters. The number of hydrogen-bond acceptors (Lipinski definition) is 15. The van der Waals surface area contributed by atoms with Crippen LogP contribution in [0.4, 0.5) is 16.2 Å². The molecule has 0 aliphatic carbocycles. The van der Waals surface area contributed by atoms with Gasteiger partial charge < -0.3 is 49.7 Å². The number of anilines is 1. The van der Waals surface area contributed by atoms with Crippen LogP contribution in [0.5, 0.6) is 5.75 Å². The molecule has 1 aliphatic rings. The van der Waals surface area contributed by atoms with Crippen molar-refractivity contribution in [3.05, 3.63) is 76.4 Å². The molecule has 0 saturated heterocycles. The number of carbonyl (C=O) groups is 7. The zero-order valence-corrected chi connectivity index (χ0v) is 31.8. The second-order valence-electron chi connectivity index (χ2n) is 12.1. The van der Waals surface area contributed by atoms with Crippen LogP contribution in [-0.4, -0.2) is 130 Å². The molecule has 21 nitrogen and oxygen atoms in total. The average molecular weight is 815 g/mol. The fourth-order valence-electron chi connectivity index (χ4n) is 4.61. The maximum absolute atomic E-state index is 12.6. The zero-order chi connectivity index (χ0) is 42.1. The van der Waals surface area contributed by atoms with Crippen LogP contribution < -0.4 is 26.0 Å². The highest BCUT2D eigenvalue weighted by Gasteiger charge is 2.23. The van der Waals surface area contributed by atoms with Crippen molar-refractivity contribution in [2.24, 2.45) is 0 Å². The largest absolute Gasteiger partial charge is 0.514 e. The predicted molar refractivity (Wildman–Crippen MR) is 201 cm³/mol. The molecule has 0 saturated carbocycles. The monoisotopic (exact) mass is 814 g/mol. The lowest BCUT2D eigenvalue weighted by molar-refractivity contribution is -0.384. The van der Waals surface area contributed by atoms with Gasteiger partial charge in [-0.05, 0) is 36.8 Å². The van der Waals surface area contributed by atoms with Gasteiger partial charge in [0.05, 0.1) is 64.3 Å². The van der Waals surface area contributed by atoms with Crippen molar-refractivity contribution in [1.29, 1.82) is 0 Å². The highest BCUT2D eigenvalue weighted by Crippen LogP contribution is 2.18. The first-order chi connectivity index (χ1) is 27.9. The fraction of sp³-hybridized carbons (Fsp3) is 0.432. The van der Waals surface area contributed by atoms with Crippen LogP contribution in [0.25, 0.3) is 0 Å². The van der Waals surface area contributed by atoms with Gasteiger partial charge in [0.2, 0.25) is 23.6 Å². The molecule has 0 spiro atoms. The summed E-state index contributed by atoms with van der Waals surface area (Å²) in [5, 5.41) is 21.0. The van der Waals surface area contributed by atoms with Crippen molar-refractivity contribution in [1.82, 2.24) is 20.9 Å². The molecule has 21 heteroatoms. The van der Waals surface area contributed by atoms with Crippen LogP contribution in [-0.2, 0) is 59.1 Å². The van der Waals surface area contributed by atoms with Crippen molar-refractivity contribution < 1.29 is 66.9 Å². The number of carbonyl (C=O) groups excluding carboxylic acids is 7. The van der Waals surface area contributed by atoms with Crippen molar-refractivity contribution in [3.8, 4) is 5.75 Å². The SMILES string of the molecule is CC(NC(=O)CNC(=O)CCOCCOCCOCCOCCNC(=O)CCN1C(=O)C=CC1=O)C(=O)Nc1ccc(COC(=O)Oc2ccc([N+](=O)[O-])cc2)cc1. The maximum Gasteiger partial charge on any atom is 0.514 e. The number of rotatable bonds is 27. The smallest absolute Gasteiger partial charge is 0.429 e. The van der Waals surface area contributed by atoms with Gasteiger partial charge in [-0.3, -0.25) is 43.8 Å². The molecule has 2 aromatic rings. The molecule has 6 amide bonds. The number of imide groups is 1. The Morgan fingerprint density at radius 2 is 1.29 bits per heavy atom. The molecule has 58 heavy (non-hydrogen) atoms. The zero-order valence-electron chi connectivity index (χ0n) is 31.8. The lowest BCUT2D eigenvalue weighted by Crippen LogP contribution is -2.46. The van der Waals surface area contributed by atoms with E-state index in [1.165, 1.54) is 43.3 Å². The number of nitrogens with one attached hydrogen (secondary N) is 4. The lowest BCUT2D eigenvalue weighted by atomic mass is 10.2. The maximum atomic E-state index is 12.6. The van der Waals surface area contributed by atoms with Gasteiger partial charge in [0, 0.05) is 55.9 Å². The summed E-state index contributed by atoms with van der Waals surface area (Å²) < 4.78 is 31.5. The van der Waals surface area contributed by atoms with E-state index in [9.17, 15) is 43.7 Å². The number of nitrogens with zero attached hydrogens (tertiary/aromatic N) is 2. The summed E-state index contributed by atoms with van der Waals surface area (Å²) in [6, 6.07) is 10.3. The standard InChI is InChI=1S/C37H46N6O15/c1-26(36(49)41-28-4-2-27(3-5-28)25-57-37(50)58-30-8-6-29(7-9-30)43(51)52)40-33(46)24-39-32(45)13-16-53-18-20-55-22-23-56-21-19-54-17-14-38-31(44)12-15-42-34(47)10-11-35(42)48/h2-11,26H,12-25H2,1H3,(H,38,44)(H,39,45)(H,40,46)(H,41,49). The third-order valence-electron chi connectivity index (χ3n) is 7.66. The van der Waals surface area contributed by atoms with Gasteiger partial charge in [-0.1, -0.05) is 12.1 Å². The molecule has 1 unspecified atom stereocenters. The van der Waals surface area contributed by atoms with Crippen molar-refractivity contribution in [2.45, 2.75) is 32.4 Å². The van der Waals surface area contributed by atoms with Gasteiger partial charge in [0.1, 0.15) is 18.4 Å². The Morgan fingerprint density at radius 1 is 0.724 bits per heavy atom. The number of benzene rings is 2. The van der Waals surface area contributed by atoms with E-state index in [0.29, 0.717) is 37.7 Å². The van der Waals surface area contributed by atoms with Crippen LogP contribution in [0, 0.1) is 10.1 Å². The van der Waals surface area contributed by atoms with Gasteiger partial charge in [-0.15, -0.1) is 0 Å². The highest BCUT2D eigenvalue weighted by molar-refractivity contribution is 6.13. The topological polar surface area (TPSA) is 269 Å². The van der Waals surface area contributed by atoms with E-state index in [2.05, 4.69) is 21.3 Å². The van der Waals surface area contributed by atoms with Crippen LogP contribution in [0.15, 0.2) is 60.7 Å². The van der Waals surface area contributed by atoms with Crippen LogP contribution >= 0.6 is 0 Å². The number of ether oxygens (including phenoxy) is 6. The van der Waals surface area contributed by atoms with Crippen LogP contribution in [0.3, 0.4) is 0 Å². The number of amides is 6. The third-order valence-corrected chi connectivity index (χ3v) is 7.66. The molecule has 0 aromatic heterocycles. The summed E-state index contributed by atoms with van der Waals surface area (Å²) in [7, 11) is 0. The Kier molecular flexibility index (Phi) is 20.5. The number of nitro groups is 1. The first-order valence-electron chi connectivity index (χ1n) is 18.1. The summed E-state index contributed by atoms with van der Waals surface area (Å²) in [4.78, 5) is 94.7. The van der Waals surface area contributed by atoms with Gasteiger partial charge in [0.15, 0.2) is 0 Å². The molecule has 1 aliphatic heterocycles. The molecule has 0 radical (unpaired) electrons. The van der Waals surface area contributed by atoms with E-state index in [0.717, 1.165) is 4.90 Å². The lowest BCUT2D eigenvalue weighted by Gasteiger charge is -2.15. The Balaban J connectivity index is 1.10. The molecule has 1 heterocycles. The second-order valence-corrected chi connectivity index (χ2v) is 12.1. The van der Waals surface area contributed by atoms with Gasteiger partial charge in [0.25, 0.3) is 17.5 Å². The first kappa shape index (κ1) is 46.1. The van der Waals surface area contributed by atoms with E-state index >= 15 is 0 Å². The third kappa shape index (κ3) is 18.6. The quantitative estimate of drug-likeness (QED) is 0.0242. The van der Waals surface area contributed by atoms with Crippen LogP contribution in [0.1, 0.15) is 25.3 Å².